The standard InChI is InChI=1S/C14H16BrNO4/c1-20-10-3-4-11(15)9(7-10)8-12(17)16-14(13(18)19)5-2-6-14/h3-4,7H,2,5-6,8H2,1H3,(H,16,17)(H,18,19). The van der Waals surface area contributed by atoms with Crippen molar-refractivity contribution in [2.24, 2.45) is 0 Å². The van der Waals surface area contributed by atoms with E-state index in [2.05, 4.69) is 21.2 Å². The molecule has 1 aliphatic rings. The minimum Gasteiger partial charge on any atom is -0.497 e. The second-order valence-electron chi connectivity index (χ2n) is 4.92. The number of carboxylic acids is 1. The van der Waals surface area contributed by atoms with Crippen molar-refractivity contribution in [3.8, 4) is 5.75 Å². The van der Waals surface area contributed by atoms with Gasteiger partial charge < -0.3 is 15.2 Å². The number of ether oxygens (including phenoxy) is 1. The summed E-state index contributed by atoms with van der Waals surface area (Å²) in [4.78, 5) is 23.3. The zero-order valence-electron chi connectivity index (χ0n) is 11.1. The van der Waals surface area contributed by atoms with E-state index < -0.39 is 11.5 Å². The second kappa shape index (κ2) is 5.83. The lowest BCUT2D eigenvalue weighted by Gasteiger charge is -2.38. The zero-order chi connectivity index (χ0) is 14.8. The fraction of sp³-hybridized carbons (Fsp3) is 0.429. The summed E-state index contributed by atoms with van der Waals surface area (Å²) < 4.78 is 5.91. The molecule has 0 spiro atoms. The summed E-state index contributed by atoms with van der Waals surface area (Å²) in [6, 6.07) is 5.35. The number of carbonyl (C=O) groups excluding carboxylic acids is 1. The van der Waals surface area contributed by atoms with Crippen LogP contribution in [-0.2, 0) is 16.0 Å². The van der Waals surface area contributed by atoms with E-state index in [1.165, 1.54) is 0 Å². The Morgan fingerprint density at radius 2 is 2.15 bits per heavy atom. The van der Waals surface area contributed by atoms with Crippen LogP contribution in [0, 0.1) is 0 Å². The van der Waals surface area contributed by atoms with Crippen LogP contribution < -0.4 is 10.1 Å². The molecule has 0 unspecified atom stereocenters. The van der Waals surface area contributed by atoms with Crippen molar-refractivity contribution in [3.05, 3.63) is 28.2 Å². The van der Waals surface area contributed by atoms with Crippen molar-refractivity contribution < 1.29 is 19.4 Å². The van der Waals surface area contributed by atoms with E-state index in [0.717, 1.165) is 16.5 Å². The molecule has 1 fully saturated rings. The van der Waals surface area contributed by atoms with Crippen LogP contribution in [0.3, 0.4) is 0 Å². The van der Waals surface area contributed by atoms with E-state index >= 15 is 0 Å². The number of rotatable bonds is 5. The monoisotopic (exact) mass is 341 g/mol. The van der Waals surface area contributed by atoms with Crippen LogP contribution in [0.5, 0.6) is 5.75 Å². The summed E-state index contributed by atoms with van der Waals surface area (Å²) in [5, 5.41) is 11.8. The molecule has 1 aromatic carbocycles. The SMILES string of the molecule is COc1ccc(Br)c(CC(=O)NC2(C(=O)O)CCC2)c1. The number of carbonyl (C=O) groups is 2. The Bertz CT molecular complexity index is 540. The van der Waals surface area contributed by atoms with Gasteiger partial charge in [-0.3, -0.25) is 4.79 Å². The number of carboxylic acid groups (broad SMARTS) is 1. The molecule has 6 heteroatoms. The number of aliphatic carboxylic acids is 1. The maximum absolute atomic E-state index is 12.0. The molecule has 20 heavy (non-hydrogen) atoms. The first-order valence-electron chi connectivity index (χ1n) is 6.34. The number of amides is 1. The Morgan fingerprint density at radius 1 is 1.45 bits per heavy atom. The predicted molar refractivity (Wildman–Crippen MR) is 76.8 cm³/mol. The Kier molecular flexibility index (Phi) is 4.32. The molecule has 0 bridgehead atoms. The first-order valence-corrected chi connectivity index (χ1v) is 7.13. The van der Waals surface area contributed by atoms with Gasteiger partial charge in [0.25, 0.3) is 0 Å². The van der Waals surface area contributed by atoms with Crippen LogP contribution in [-0.4, -0.2) is 29.6 Å². The van der Waals surface area contributed by atoms with E-state index in [0.29, 0.717) is 18.6 Å². The molecule has 0 radical (unpaired) electrons. The van der Waals surface area contributed by atoms with Gasteiger partial charge in [-0.2, -0.15) is 0 Å². The van der Waals surface area contributed by atoms with Crippen LogP contribution in [0.2, 0.25) is 0 Å². The molecule has 108 valence electrons. The van der Waals surface area contributed by atoms with E-state index in [4.69, 9.17) is 4.74 Å². The molecule has 1 saturated carbocycles. The highest BCUT2D eigenvalue weighted by Gasteiger charge is 2.45. The maximum atomic E-state index is 12.0. The van der Waals surface area contributed by atoms with Gasteiger partial charge in [0.1, 0.15) is 11.3 Å². The summed E-state index contributed by atoms with van der Waals surface area (Å²) in [5.74, 6) is -0.588. The van der Waals surface area contributed by atoms with Crippen molar-refractivity contribution in [1.82, 2.24) is 5.32 Å². The first-order chi connectivity index (χ1) is 9.47. The van der Waals surface area contributed by atoms with Crippen molar-refractivity contribution >= 4 is 27.8 Å². The molecule has 0 saturated heterocycles. The summed E-state index contributed by atoms with van der Waals surface area (Å²) in [5.41, 5.74) is -0.302. The lowest BCUT2D eigenvalue weighted by Crippen LogP contribution is -2.59. The van der Waals surface area contributed by atoms with Crippen molar-refractivity contribution in [3.63, 3.8) is 0 Å². The van der Waals surface area contributed by atoms with Gasteiger partial charge in [-0.1, -0.05) is 15.9 Å². The van der Waals surface area contributed by atoms with Crippen LogP contribution in [0.15, 0.2) is 22.7 Å². The third-order valence-corrected chi connectivity index (χ3v) is 4.37. The van der Waals surface area contributed by atoms with Crippen molar-refractivity contribution in [2.45, 2.75) is 31.2 Å². The number of hydrogen-bond acceptors (Lipinski definition) is 3. The van der Waals surface area contributed by atoms with Crippen LogP contribution in [0.1, 0.15) is 24.8 Å². The summed E-state index contributed by atoms with van der Waals surface area (Å²) in [7, 11) is 1.56. The molecule has 0 aromatic heterocycles. The lowest BCUT2D eigenvalue weighted by molar-refractivity contribution is -0.151. The summed E-state index contributed by atoms with van der Waals surface area (Å²) >= 11 is 3.38. The molecule has 2 rings (SSSR count). The molecule has 2 N–H and O–H groups in total. The number of hydrogen-bond donors (Lipinski definition) is 2. The van der Waals surface area contributed by atoms with Crippen LogP contribution >= 0.6 is 15.9 Å². The van der Waals surface area contributed by atoms with Gasteiger partial charge >= 0.3 is 5.97 Å². The van der Waals surface area contributed by atoms with Gasteiger partial charge in [0, 0.05) is 4.47 Å². The largest absolute Gasteiger partial charge is 0.497 e. The average molecular weight is 342 g/mol. The molecular weight excluding hydrogens is 326 g/mol. The normalized spacial score (nSPS) is 16.1. The number of nitrogens with one attached hydrogen (secondary N) is 1. The summed E-state index contributed by atoms with van der Waals surface area (Å²) in [6.07, 6.45) is 1.93. The fourth-order valence-electron chi connectivity index (χ4n) is 2.22. The van der Waals surface area contributed by atoms with Gasteiger partial charge in [0.15, 0.2) is 0 Å². The minimum absolute atomic E-state index is 0.118. The fourth-order valence-corrected chi connectivity index (χ4v) is 2.61. The van der Waals surface area contributed by atoms with Crippen molar-refractivity contribution in [2.75, 3.05) is 7.11 Å². The topological polar surface area (TPSA) is 75.6 Å². The van der Waals surface area contributed by atoms with Gasteiger partial charge in [0.2, 0.25) is 5.91 Å². The second-order valence-corrected chi connectivity index (χ2v) is 5.78. The maximum Gasteiger partial charge on any atom is 0.329 e. The average Bonchev–Trinajstić information content (AvgIpc) is 2.36. The highest BCUT2D eigenvalue weighted by atomic mass is 79.9. The van der Waals surface area contributed by atoms with E-state index in [9.17, 15) is 14.7 Å². The molecule has 1 amide bonds. The molecule has 5 nitrogen and oxygen atoms in total. The Balaban J connectivity index is 2.06. The Morgan fingerprint density at radius 3 is 2.65 bits per heavy atom. The molecule has 0 heterocycles. The van der Waals surface area contributed by atoms with Gasteiger partial charge in [-0.05, 0) is 43.0 Å². The number of halogens is 1. The molecule has 0 aliphatic heterocycles. The predicted octanol–water partition coefficient (Wildman–Crippen LogP) is 2.12. The molecule has 1 aliphatic carbocycles. The van der Waals surface area contributed by atoms with Gasteiger partial charge in [0.05, 0.1) is 13.5 Å². The zero-order valence-corrected chi connectivity index (χ0v) is 12.7. The first kappa shape index (κ1) is 14.8. The van der Waals surface area contributed by atoms with Crippen LogP contribution in [0.25, 0.3) is 0 Å². The number of benzene rings is 1. The van der Waals surface area contributed by atoms with E-state index in [1.807, 2.05) is 0 Å². The van der Waals surface area contributed by atoms with Gasteiger partial charge in [-0.15, -0.1) is 0 Å². The van der Waals surface area contributed by atoms with Gasteiger partial charge in [-0.25, -0.2) is 4.79 Å². The highest BCUT2D eigenvalue weighted by Crippen LogP contribution is 2.32. The molecule has 0 atom stereocenters. The smallest absolute Gasteiger partial charge is 0.329 e. The third kappa shape index (κ3) is 2.95. The van der Waals surface area contributed by atoms with E-state index in [1.54, 1.807) is 25.3 Å². The van der Waals surface area contributed by atoms with E-state index in [-0.39, 0.29) is 12.3 Å². The van der Waals surface area contributed by atoms with Crippen LogP contribution in [0.4, 0.5) is 0 Å². The molecule has 1 aromatic rings. The summed E-state index contributed by atoms with van der Waals surface area (Å²) in [6.45, 7) is 0. The molecular formula is C14H16BrNO4. The van der Waals surface area contributed by atoms with Crippen molar-refractivity contribution in [1.29, 1.82) is 0 Å². The minimum atomic E-state index is -1.07. The number of methoxy groups -OCH3 is 1. The third-order valence-electron chi connectivity index (χ3n) is 3.60. The quantitative estimate of drug-likeness (QED) is 0.860. The lowest BCUT2D eigenvalue weighted by atomic mass is 9.76. The highest BCUT2D eigenvalue weighted by molar-refractivity contribution is 9.10. The Hall–Kier alpha value is -1.56. The Labute approximate surface area is 125 Å².